The summed E-state index contributed by atoms with van der Waals surface area (Å²) in [4.78, 5) is 31.0. The zero-order valence-electron chi connectivity index (χ0n) is 31.5. The van der Waals surface area contributed by atoms with Crippen LogP contribution in [-0.4, -0.2) is 44.7 Å². The van der Waals surface area contributed by atoms with Crippen LogP contribution >= 0.6 is 0 Å². The number of ether oxygens (including phenoxy) is 2. The predicted molar refractivity (Wildman–Crippen MR) is 208 cm³/mol. The van der Waals surface area contributed by atoms with E-state index in [1.54, 1.807) is 0 Å². The first kappa shape index (κ1) is 35.9. The van der Waals surface area contributed by atoms with Crippen molar-refractivity contribution in [3.63, 3.8) is 0 Å². The summed E-state index contributed by atoms with van der Waals surface area (Å²) in [6.07, 6.45) is 16.7. The number of pyridine rings is 4. The van der Waals surface area contributed by atoms with Crippen LogP contribution < -0.4 is 28.1 Å². The van der Waals surface area contributed by atoms with E-state index in [0.29, 0.717) is 26.2 Å². The van der Waals surface area contributed by atoms with E-state index >= 15 is 0 Å². The van der Waals surface area contributed by atoms with Gasteiger partial charge >= 0.3 is 0 Å². The van der Waals surface area contributed by atoms with Crippen LogP contribution in [0.15, 0.2) is 135 Å². The lowest BCUT2D eigenvalue weighted by atomic mass is 10.0. The molecule has 8 rings (SSSR count). The number of hydrogen-bond donors (Lipinski definition) is 0. The first-order valence-electron chi connectivity index (χ1n) is 18.7. The van der Waals surface area contributed by atoms with Crippen LogP contribution in [0.25, 0.3) is 22.3 Å². The summed E-state index contributed by atoms with van der Waals surface area (Å²) in [5, 5.41) is 0. The SMILES string of the molecule is CN1c2cc(CC(=O)C[n+]3ccc(-c4cc[n+](C)cc4)cc3)ccc2N(COCC2CO2)c2ccc(CC(=O)C[n+]3ccc(-c4cc[n+](C)cc4)cc3)cc21. The molecule has 1 saturated heterocycles. The molecule has 2 aliphatic rings. The largest absolute Gasteiger partial charge is 0.371 e. The Hall–Kier alpha value is -6.10. The Labute approximate surface area is 321 Å². The molecule has 0 amide bonds. The molecule has 10 heteroatoms. The van der Waals surface area contributed by atoms with Crippen molar-refractivity contribution in [2.75, 3.05) is 36.8 Å². The zero-order valence-corrected chi connectivity index (χ0v) is 31.5. The number of benzene rings is 2. The van der Waals surface area contributed by atoms with Crippen LogP contribution in [0.1, 0.15) is 11.1 Å². The van der Waals surface area contributed by atoms with Gasteiger partial charge in [0, 0.05) is 68.4 Å². The molecule has 0 bridgehead atoms. The molecule has 55 heavy (non-hydrogen) atoms. The van der Waals surface area contributed by atoms with E-state index < -0.39 is 0 Å². The number of aromatic nitrogens is 4. The van der Waals surface area contributed by atoms with Crippen molar-refractivity contribution in [2.45, 2.75) is 32.0 Å². The molecule has 1 atom stereocenters. The van der Waals surface area contributed by atoms with Crippen LogP contribution in [0.4, 0.5) is 22.7 Å². The fourth-order valence-electron chi connectivity index (χ4n) is 7.06. The molecule has 276 valence electrons. The molecule has 0 spiro atoms. The Morgan fingerprint density at radius 1 is 0.618 bits per heavy atom. The molecule has 6 aromatic rings. The standard InChI is InChI=1S/C45H46N6O4/c1-46-16-8-35(9-17-46)37-12-20-49(21-13-37)28-39(52)24-33-4-6-42-44(26-33)48(3)45-27-34(5-7-43(45)51(42)32-54-30-41-31-55-41)25-40(53)29-50-22-14-38(15-23-50)36-10-18-47(2)19-11-36/h4-23,26-27,41H,24-25,28-32H2,1-3H3/q+4. The number of epoxide rings is 1. The van der Waals surface area contributed by atoms with Crippen molar-refractivity contribution in [3.8, 4) is 22.3 Å². The van der Waals surface area contributed by atoms with Gasteiger partial charge in [0.25, 0.3) is 0 Å². The third-order valence-corrected chi connectivity index (χ3v) is 10.2. The van der Waals surface area contributed by atoms with Gasteiger partial charge in [0.2, 0.25) is 24.7 Å². The lowest BCUT2D eigenvalue weighted by Crippen LogP contribution is -2.37. The van der Waals surface area contributed by atoms with Crippen LogP contribution in [0.2, 0.25) is 0 Å². The van der Waals surface area contributed by atoms with Gasteiger partial charge in [-0.2, -0.15) is 9.13 Å². The summed E-state index contributed by atoms with van der Waals surface area (Å²) in [5.74, 6) is 0.242. The van der Waals surface area contributed by atoms with Crippen LogP contribution in [-0.2, 0) is 59.1 Å². The minimum Gasteiger partial charge on any atom is -0.371 e. The van der Waals surface area contributed by atoms with Crippen molar-refractivity contribution in [1.82, 2.24) is 0 Å². The van der Waals surface area contributed by atoms with Crippen molar-refractivity contribution in [2.24, 2.45) is 14.1 Å². The fourth-order valence-corrected chi connectivity index (χ4v) is 7.06. The molecule has 0 N–H and O–H groups in total. The number of carbonyl (C=O) groups excluding carboxylic acids is 2. The molecule has 2 aliphatic heterocycles. The zero-order chi connectivity index (χ0) is 37.9. The summed E-state index contributed by atoms with van der Waals surface area (Å²) in [6.45, 7) is 2.19. The third kappa shape index (κ3) is 8.51. The Bertz CT molecular complexity index is 2170. The van der Waals surface area contributed by atoms with Crippen molar-refractivity contribution in [1.29, 1.82) is 0 Å². The Balaban J connectivity index is 0.962. The molecule has 10 nitrogen and oxygen atoms in total. The third-order valence-electron chi connectivity index (χ3n) is 10.2. The number of ketones is 2. The maximum Gasteiger partial charge on any atom is 0.206 e. The minimum absolute atomic E-state index is 0.121. The smallest absolute Gasteiger partial charge is 0.206 e. The summed E-state index contributed by atoms with van der Waals surface area (Å²) < 4.78 is 19.4. The predicted octanol–water partition coefficient (Wildman–Crippen LogP) is 4.46. The van der Waals surface area contributed by atoms with Crippen molar-refractivity contribution in [3.05, 3.63) is 146 Å². The number of rotatable bonds is 14. The molecular formula is C45H46N6O4+4. The van der Waals surface area contributed by atoms with E-state index in [2.05, 4.69) is 58.3 Å². The van der Waals surface area contributed by atoms with Gasteiger partial charge in [-0.05, 0) is 57.6 Å². The average molecular weight is 735 g/mol. The number of Topliss-reactive ketones (excluding diaryl/α,β-unsaturated/α-hetero) is 2. The molecular weight excluding hydrogens is 689 g/mol. The highest BCUT2D eigenvalue weighted by Crippen LogP contribution is 2.47. The molecule has 2 aromatic carbocycles. The first-order chi connectivity index (χ1) is 26.8. The van der Waals surface area contributed by atoms with Crippen LogP contribution in [0.3, 0.4) is 0 Å². The number of fused-ring (bicyclic) bond motifs is 2. The summed E-state index contributed by atoms with van der Waals surface area (Å²) in [6, 6.07) is 28.9. The van der Waals surface area contributed by atoms with Crippen molar-refractivity contribution < 1.29 is 37.3 Å². The summed E-state index contributed by atoms with van der Waals surface area (Å²) >= 11 is 0. The number of aryl methyl sites for hydroxylation is 2. The van der Waals surface area contributed by atoms with Crippen LogP contribution in [0.5, 0.6) is 0 Å². The van der Waals surface area contributed by atoms with Gasteiger partial charge in [0.05, 0.1) is 36.0 Å². The Kier molecular flexibility index (Phi) is 10.3. The van der Waals surface area contributed by atoms with E-state index in [1.807, 2.05) is 125 Å². The molecule has 6 heterocycles. The summed E-state index contributed by atoms with van der Waals surface area (Å²) in [5.41, 5.74) is 10.3. The summed E-state index contributed by atoms with van der Waals surface area (Å²) in [7, 11) is 6.04. The maximum atomic E-state index is 13.4. The van der Waals surface area contributed by atoms with Gasteiger partial charge in [-0.1, -0.05) is 12.1 Å². The van der Waals surface area contributed by atoms with Gasteiger partial charge in [0.1, 0.15) is 26.9 Å². The van der Waals surface area contributed by atoms with Gasteiger partial charge in [-0.25, -0.2) is 9.13 Å². The average Bonchev–Trinajstić information content (AvgIpc) is 4.02. The second-order valence-corrected chi connectivity index (χ2v) is 14.5. The number of nitrogens with zero attached hydrogens (tertiary/aromatic N) is 6. The van der Waals surface area contributed by atoms with Gasteiger partial charge in [-0.15, -0.1) is 0 Å². The van der Waals surface area contributed by atoms with E-state index in [1.165, 1.54) is 0 Å². The maximum absolute atomic E-state index is 13.4. The van der Waals surface area contributed by atoms with E-state index in [-0.39, 0.29) is 30.8 Å². The molecule has 0 saturated carbocycles. The van der Waals surface area contributed by atoms with E-state index in [4.69, 9.17) is 9.47 Å². The molecule has 4 aromatic heterocycles. The van der Waals surface area contributed by atoms with Gasteiger partial charge < -0.3 is 19.3 Å². The highest BCUT2D eigenvalue weighted by atomic mass is 16.6. The molecule has 0 radical (unpaired) electrons. The Morgan fingerprint density at radius 2 is 1.02 bits per heavy atom. The molecule has 0 aliphatic carbocycles. The monoisotopic (exact) mass is 734 g/mol. The van der Waals surface area contributed by atoms with Crippen molar-refractivity contribution >= 4 is 34.3 Å². The van der Waals surface area contributed by atoms with Gasteiger partial charge in [0.15, 0.2) is 49.6 Å². The second-order valence-electron chi connectivity index (χ2n) is 14.5. The second kappa shape index (κ2) is 15.7. The highest BCUT2D eigenvalue weighted by molar-refractivity contribution is 5.94. The number of anilines is 4. The lowest BCUT2D eigenvalue weighted by molar-refractivity contribution is -0.684. The highest BCUT2D eigenvalue weighted by Gasteiger charge is 2.29. The quantitative estimate of drug-likeness (QED) is 0.122. The van der Waals surface area contributed by atoms with Crippen LogP contribution in [0, 0.1) is 0 Å². The Morgan fingerprint density at radius 3 is 1.42 bits per heavy atom. The fraction of sp³-hybridized carbons (Fsp3) is 0.244. The first-order valence-corrected chi connectivity index (χ1v) is 18.7. The number of hydrogen-bond acceptors (Lipinski definition) is 6. The normalized spacial score (nSPS) is 14.3. The minimum atomic E-state index is 0.121. The lowest BCUT2D eigenvalue weighted by Gasteiger charge is -2.38. The number of carbonyl (C=O) groups is 2. The van der Waals surface area contributed by atoms with E-state index in [9.17, 15) is 9.59 Å². The topological polar surface area (TPSA) is 77.9 Å². The van der Waals surface area contributed by atoms with Gasteiger partial charge in [-0.3, -0.25) is 9.59 Å². The molecule has 1 fully saturated rings. The van der Waals surface area contributed by atoms with E-state index in [0.717, 1.165) is 62.7 Å². The molecule has 1 unspecified atom stereocenters.